The number of hydrogen-bond acceptors (Lipinski definition) is 3. The third kappa shape index (κ3) is 6.98. The predicted octanol–water partition coefficient (Wildman–Crippen LogP) is 2.45. The van der Waals surface area contributed by atoms with Crippen LogP contribution < -0.4 is 0 Å². The smallest absolute Gasteiger partial charge is 0.407 e. The zero-order valence-corrected chi connectivity index (χ0v) is 13.2. The third-order valence-electron chi connectivity index (χ3n) is 2.87. The molecule has 0 bridgehead atoms. The van der Waals surface area contributed by atoms with E-state index in [1.165, 1.54) is 4.90 Å². The van der Waals surface area contributed by atoms with Gasteiger partial charge in [0.1, 0.15) is 0 Å². The summed E-state index contributed by atoms with van der Waals surface area (Å²) in [5, 5.41) is 8.90. The predicted molar refractivity (Wildman–Crippen MR) is 74.3 cm³/mol. The Morgan fingerprint density at radius 3 is 2.22 bits per heavy atom. The van der Waals surface area contributed by atoms with Gasteiger partial charge in [-0.05, 0) is 39.2 Å². The van der Waals surface area contributed by atoms with Gasteiger partial charge in [-0.2, -0.15) is 0 Å². The van der Waals surface area contributed by atoms with Crippen molar-refractivity contribution >= 4 is 15.4 Å². The molecule has 1 N–H and O–H groups in total. The van der Waals surface area contributed by atoms with Crippen molar-refractivity contribution in [2.45, 2.75) is 46.1 Å². The van der Waals surface area contributed by atoms with Crippen molar-refractivity contribution in [2.24, 2.45) is 0 Å². The van der Waals surface area contributed by atoms with Crippen molar-refractivity contribution in [1.82, 2.24) is 4.90 Å². The fourth-order valence-electron chi connectivity index (χ4n) is 1.83. The molecule has 0 aliphatic carbocycles. The Bertz CT molecular complexity index is 222. The number of nitrogens with zero attached hydrogens (tertiary/aromatic N) is 1. The van der Waals surface area contributed by atoms with E-state index in [-0.39, 0.29) is 0 Å². The van der Waals surface area contributed by atoms with Gasteiger partial charge in [-0.1, -0.05) is 6.92 Å². The first-order valence-electron chi connectivity index (χ1n) is 6.77. The standard InChI is InChI=1S/C12H27NO4Si/c1-5-13(12(14)15)10-8-9-11(4)18(16-6-2)17-7-3/h11,18H,5-10H2,1-4H3,(H,14,15). The number of carboxylic acid groups (broad SMARTS) is 1. The Hall–Kier alpha value is -0.593. The first-order valence-corrected chi connectivity index (χ1v) is 8.38. The zero-order valence-electron chi connectivity index (χ0n) is 12.0. The van der Waals surface area contributed by atoms with E-state index in [0.29, 0.717) is 31.8 Å². The molecule has 0 saturated carbocycles. The summed E-state index contributed by atoms with van der Waals surface area (Å²) in [5.41, 5.74) is 0.414. The largest absolute Gasteiger partial charge is 0.465 e. The van der Waals surface area contributed by atoms with Crippen molar-refractivity contribution in [2.75, 3.05) is 26.3 Å². The van der Waals surface area contributed by atoms with Crippen molar-refractivity contribution in [3.8, 4) is 0 Å². The van der Waals surface area contributed by atoms with Crippen LogP contribution in [0, 0.1) is 0 Å². The second-order valence-electron chi connectivity index (χ2n) is 4.26. The molecule has 1 amide bonds. The van der Waals surface area contributed by atoms with Crippen LogP contribution in [0.15, 0.2) is 0 Å². The molecule has 0 fully saturated rings. The highest BCUT2D eigenvalue weighted by Gasteiger charge is 2.21. The molecule has 0 spiro atoms. The number of amides is 1. The van der Waals surface area contributed by atoms with Crippen LogP contribution in [0.1, 0.15) is 40.5 Å². The maximum absolute atomic E-state index is 10.8. The molecular weight excluding hydrogens is 250 g/mol. The van der Waals surface area contributed by atoms with E-state index in [9.17, 15) is 4.79 Å². The molecule has 0 saturated heterocycles. The van der Waals surface area contributed by atoms with Gasteiger partial charge >= 0.3 is 15.4 Å². The van der Waals surface area contributed by atoms with E-state index in [1.807, 2.05) is 20.8 Å². The summed E-state index contributed by atoms with van der Waals surface area (Å²) < 4.78 is 11.3. The van der Waals surface area contributed by atoms with Gasteiger partial charge in [0.2, 0.25) is 0 Å². The molecule has 1 atom stereocenters. The monoisotopic (exact) mass is 277 g/mol. The highest BCUT2D eigenvalue weighted by molar-refractivity contribution is 6.46. The lowest BCUT2D eigenvalue weighted by atomic mass is 10.2. The molecule has 0 aromatic heterocycles. The van der Waals surface area contributed by atoms with E-state index < -0.39 is 15.4 Å². The summed E-state index contributed by atoms with van der Waals surface area (Å²) >= 11 is 0. The molecule has 0 aromatic carbocycles. The topological polar surface area (TPSA) is 59.0 Å². The molecule has 1 unspecified atom stereocenters. The molecule has 0 radical (unpaired) electrons. The van der Waals surface area contributed by atoms with Crippen LogP contribution in [0.25, 0.3) is 0 Å². The van der Waals surface area contributed by atoms with Crippen molar-refractivity contribution in [3.05, 3.63) is 0 Å². The van der Waals surface area contributed by atoms with Gasteiger partial charge in [0.05, 0.1) is 0 Å². The first-order chi connectivity index (χ1) is 8.56. The quantitative estimate of drug-likeness (QED) is 0.623. The summed E-state index contributed by atoms with van der Waals surface area (Å²) in [6.07, 6.45) is 0.986. The number of carbonyl (C=O) groups is 1. The lowest BCUT2D eigenvalue weighted by Gasteiger charge is -2.23. The van der Waals surface area contributed by atoms with Crippen LogP contribution in [-0.2, 0) is 8.85 Å². The highest BCUT2D eigenvalue weighted by atomic mass is 28.3. The van der Waals surface area contributed by atoms with Crippen LogP contribution in [0.2, 0.25) is 5.54 Å². The third-order valence-corrected chi connectivity index (χ3v) is 5.45. The fourth-order valence-corrected chi connectivity index (χ4v) is 3.75. The van der Waals surface area contributed by atoms with Crippen LogP contribution in [0.3, 0.4) is 0 Å². The maximum Gasteiger partial charge on any atom is 0.407 e. The van der Waals surface area contributed by atoms with Gasteiger partial charge < -0.3 is 18.9 Å². The maximum atomic E-state index is 10.8. The molecule has 5 nitrogen and oxygen atoms in total. The first kappa shape index (κ1) is 17.4. The highest BCUT2D eigenvalue weighted by Crippen LogP contribution is 2.18. The molecule has 0 aromatic rings. The van der Waals surface area contributed by atoms with Gasteiger partial charge in [0, 0.05) is 26.3 Å². The molecule has 0 aliphatic heterocycles. The summed E-state index contributed by atoms with van der Waals surface area (Å²) in [6.45, 7) is 10.5. The van der Waals surface area contributed by atoms with E-state index in [2.05, 4.69) is 6.92 Å². The average Bonchev–Trinajstić information content (AvgIpc) is 2.33. The van der Waals surface area contributed by atoms with Gasteiger partial charge in [-0.3, -0.25) is 0 Å². The van der Waals surface area contributed by atoms with E-state index in [4.69, 9.17) is 14.0 Å². The van der Waals surface area contributed by atoms with E-state index in [1.54, 1.807) is 0 Å². The molecule has 6 heteroatoms. The van der Waals surface area contributed by atoms with Gasteiger partial charge in [-0.15, -0.1) is 0 Å². The Balaban J connectivity index is 3.98. The molecule has 18 heavy (non-hydrogen) atoms. The van der Waals surface area contributed by atoms with E-state index >= 15 is 0 Å². The molecule has 0 heterocycles. The number of hydrogen-bond donors (Lipinski definition) is 1. The van der Waals surface area contributed by atoms with Gasteiger partial charge in [0.25, 0.3) is 0 Å². The Kier molecular flexibility index (Phi) is 10.00. The molecular formula is C12H27NO4Si. The second kappa shape index (κ2) is 10.3. The summed E-state index contributed by atoms with van der Waals surface area (Å²) in [6, 6.07) is 0. The minimum atomic E-state index is -1.59. The molecule has 0 aliphatic rings. The zero-order chi connectivity index (χ0) is 14.0. The summed E-state index contributed by atoms with van der Waals surface area (Å²) in [5.74, 6) is 0. The lowest BCUT2D eigenvalue weighted by Crippen LogP contribution is -2.31. The Morgan fingerprint density at radius 2 is 1.83 bits per heavy atom. The SMILES string of the molecule is CCO[SiH](OCC)C(C)CCCN(CC)C(=O)O. The van der Waals surface area contributed by atoms with Crippen molar-refractivity contribution in [1.29, 1.82) is 0 Å². The van der Waals surface area contributed by atoms with Gasteiger partial charge in [0.15, 0.2) is 0 Å². The second-order valence-corrected chi connectivity index (χ2v) is 6.80. The Labute approximate surface area is 112 Å². The number of rotatable bonds is 10. The fraction of sp³-hybridized carbons (Fsp3) is 0.917. The minimum absolute atomic E-state index is 0.414. The van der Waals surface area contributed by atoms with Crippen LogP contribution >= 0.6 is 0 Å². The van der Waals surface area contributed by atoms with Crippen LogP contribution in [0.4, 0.5) is 4.79 Å². The summed E-state index contributed by atoms with van der Waals surface area (Å²) in [4.78, 5) is 12.3. The molecule has 108 valence electrons. The lowest BCUT2D eigenvalue weighted by molar-refractivity contribution is 0.146. The van der Waals surface area contributed by atoms with Crippen molar-refractivity contribution < 1.29 is 18.8 Å². The minimum Gasteiger partial charge on any atom is -0.465 e. The molecule has 0 rings (SSSR count). The summed E-state index contributed by atoms with van der Waals surface area (Å²) in [7, 11) is -1.59. The van der Waals surface area contributed by atoms with Crippen LogP contribution in [0.5, 0.6) is 0 Å². The van der Waals surface area contributed by atoms with Crippen LogP contribution in [-0.4, -0.2) is 51.7 Å². The van der Waals surface area contributed by atoms with Crippen molar-refractivity contribution in [3.63, 3.8) is 0 Å². The van der Waals surface area contributed by atoms with E-state index in [0.717, 1.165) is 12.8 Å². The Morgan fingerprint density at radius 1 is 1.28 bits per heavy atom. The average molecular weight is 277 g/mol. The normalized spacial score (nSPS) is 12.7. The van der Waals surface area contributed by atoms with Gasteiger partial charge in [-0.25, -0.2) is 4.79 Å².